The van der Waals surface area contributed by atoms with Crippen LogP contribution in [0.4, 0.5) is 4.39 Å². The van der Waals surface area contributed by atoms with Crippen molar-refractivity contribution in [3.05, 3.63) is 34.1 Å². The summed E-state index contributed by atoms with van der Waals surface area (Å²) in [6, 6.07) is 4.93. The highest BCUT2D eigenvalue weighted by molar-refractivity contribution is 9.10. The Balaban J connectivity index is 2.09. The Labute approximate surface area is 109 Å². The van der Waals surface area contributed by atoms with E-state index in [1.54, 1.807) is 0 Å². The molecule has 0 spiro atoms. The van der Waals surface area contributed by atoms with Gasteiger partial charge in [0, 0.05) is 9.85 Å². The lowest BCUT2D eigenvalue weighted by atomic mass is 9.91. The van der Waals surface area contributed by atoms with Crippen molar-refractivity contribution in [3.8, 4) is 0 Å². The monoisotopic (exact) mass is 304 g/mol. The third-order valence-electron chi connectivity index (χ3n) is 3.62. The van der Waals surface area contributed by atoms with Gasteiger partial charge in [0.25, 0.3) is 0 Å². The molecule has 16 heavy (non-hydrogen) atoms. The standard InChI is InChI=1S/C13H15BrClF/c1-8-9(3-5-13(8)15)6-10-2-4-11(16)7-12(10)14/h2,4,7-9,13H,3,5-6H2,1H3. The zero-order chi connectivity index (χ0) is 11.7. The van der Waals surface area contributed by atoms with Gasteiger partial charge in [-0.15, -0.1) is 11.6 Å². The lowest BCUT2D eigenvalue weighted by molar-refractivity contribution is 0.419. The van der Waals surface area contributed by atoms with Gasteiger partial charge in [0.05, 0.1) is 0 Å². The van der Waals surface area contributed by atoms with E-state index in [2.05, 4.69) is 22.9 Å². The van der Waals surface area contributed by atoms with Crippen LogP contribution in [-0.4, -0.2) is 5.38 Å². The van der Waals surface area contributed by atoms with Gasteiger partial charge in [-0.1, -0.05) is 28.9 Å². The number of benzene rings is 1. The molecule has 0 bridgehead atoms. The minimum Gasteiger partial charge on any atom is -0.207 e. The van der Waals surface area contributed by atoms with E-state index in [9.17, 15) is 4.39 Å². The molecule has 0 N–H and O–H groups in total. The van der Waals surface area contributed by atoms with E-state index in [-0.39, 0.29) is 5.82 Å². The van der Waals surface area contributed by atoms with Gasteiger partial charge in [0.15, 0.2) is 0 Å². The van der Waals surface area contributed by atoms with Crippen molar-refractivity contribution >= 4 is 27.5 Å². The molecule has 0 nitrogen and oxygen atoms in total. The normalized spacial score (nSPS) is 29.6. The van der Waals surface area contributed by atoms with Crippen LogP contribution in [-0.2, 0) is 6.42 Å². The summed E-state index contributed by atoms with van der Waals surface area (Å²) in [5.74, 6) is 0.994. The van der Waals surface area contributed by atoms with Crippen LogP contribution in [0.15, 0.2) is 22.7 Å². The SMILES string of the molecule is CC1C(Cl)CCC1Cc1ccc(F)cc1Br. The third kappa shape index (κ3) is 2.60. The lowest BCUT2D eigenvalue weighted by Crippen LogP contribution is -2.13. The van der Waals surface area contributed by atoms with Gasteiger partial charge in [0.1, 0.15) is 5.82 Å². The van der Waals surface area contributed by atoms with E-state index >= 15 is 0 Å². The summed E-state index contributed by atoms with van der Waals surface area (Å²) >= 11 is 9.63. The Bertz CT molecular complexity index is 380. The number of hydrogen-bond acceptors (Lipinski definition) is 0. The quantitative estimate of drug-likeness (QED) is 0.690. The summed E-state index contributed by atoms with van der Waals surface area (Å²) in [7, 11) is 0. The van der Waals surface area contributed by atoms with Crippen molar-refractivity contribution < 1.29 is 4.39 Å². The zero-order valence-corrected chi connectivity index (χ0v) is 11.6. The van der Waals surface area contributed by atoms with Gasteiger partial charge in [-0.25, -0.2) is 4.39 Å². The Morgan fingerprint density at radius 3 is 2.75 bits per heavy atom. The minimum absolute atomic E-state index is 0.190. The molecule has 0 aromatic heterocycles. The van der Waals surface area contributed by atoms with E-state index in [0.717, 1.165) is 17.3 Å². The molecule has 0 heterocycles. The smallest absolute Gasteiger partial charge is 0.124 e. The molecule has 3 heteroatoms. The Kier molecular flexibility index (Phi) is 3.91. The van der Waals surface area contributed by atoms with Crippen LogP contribution >= 0.6 is 27.5 Å². The first-order valence-electron chi connectivity index (χ1n) is 5.66. The predicted octanol–water partition coefficient (Wildman–Crippen LogP) is 4.78. The van der Waals surface area contributed by atoms with E-state index in [4.69, 9.17) is 11.6 Å². The van der Waals surface area contributed by atoms with Crippen LogP contribution in [0.2, 0.25) is 0 Å². The van der Waals surface area contributed by atoms with Crippen LogP contribution in [0.25, 0.3) is 0 Å². The summed E-state index contributed by atoms with van der Waals surface area (Å²) in [4.78, 5) is 0. The fourth-order valence-electron chi connectivity index (χ4n) is 2.45. The molecule has 1 aromatic rings. The third-order valence-corrected chi connectivity index (χ3v) is 4.98. The van der Waals surface area contributed by atoms with Crippen molar-refractivity contribution in [2.75, 3.05) is 0 Å². The fraction of sp³-hybridized carbons (Fsp3) is 0.538. The molecule has 1 fully saturated rings. The highest BCUT2D eigenvalue weighted by Crippen LogP contribution is 2.38. The van der Waals surface area contributed by atoms with Crippen LogP contribution in [0.3, 0.4) is 0 Å². The summed E-state index contributed by atoms with van der Waals surface area (Å²) in [6.45, 7) is 2.22. The lowest BCUT2D eigenvalue weighted by Gasteiger charge is -2.17. The number of halogens is 3. The molecule has 1 aliphatic carbocycles. The maximum Gasteiger partial charge on any atom is 0.124 e. The minimum atomic E-state index is -0.190. The zero-order valence-electron chi connectivity index (χ0n) is 9.22. The first-order valence-corrected chi connectivity index (χ1v) is 6.89. The maximum atomic E-state index is 12.9. The van der Waals surface area contributed by atoms with Gasteiger partial charge in [-0.05, 0) is 48.8 Å². The molecule has 1 aromatic carbocycles. The van der Waals surface area contributed by atoms with Crippen molar-refractivity contribution in [2.45, 2.75) is 31.6 Å². The average Bonchev–Trinajstić information content (AvgIpc) is 2.54. The molecule has 1 saturated carbocycles. The van der Waals surface area contributed by atoms with Crippen molar-refractivity contribution in [2.24, 2.45) is 11.8 Å². The van der Waals surface area contributed by atoms with Crippen LogP contribution in [0.5, 0.6) is 0 Å². The molecule has 0 amide bonds. The first kappa shape index (κ1) is 12.4. The van der Waals surface area contributed by atoms with Crippen LogP contribution in [0.1, 0.15) is 25.3 Å². The highest BCUT2D eigenvalue weighted by Gasteiger charge is 2.31. The van der Waals surface area contributed by atoms with E-state index in [1.165, 1.54) is 24.1 Å². The Morgan fingerprint density at radius 2 is 2.19 bits per heavy atom. The molecule has 0 radical (unpaired) electrons. The van der Waals surface area contributed by atoms with Crippen molar-refractivity contribution in [1.29, 1.82) is 0 Å². The van der Waals surface area contributed by atoms with Gasteiger partial charge < -0.3 is 0 Å². The topological polar surface area (TPSA) is 0 Å². The van der Waals surface area contributed by atoms with Crippen molar-refractivity contribution in [1.82, 2.24) is 0 Å². The summed E-state index contributed by atoms with van der Waals surface area (Å²) < 4.78 is 13.8. The average molecular weight is 306 g/mol. The molecule has 2 rings (SSSR count). The number of hydrogen-bond donors (Lipinski definition) is 0. The molecular weight excluding hydrogens is 290 g/mol. The fourth-order valence-corrected chi connectivity index (χ4v) is 3.30. The van der Waals surface area contributed by atoms with Gasteiger partial charge >= 0.3 is 0 Å². The second-order valence-corrected chi connectivity index (χ2v) is 6.07. The molecule has 3 unspecified atom stereocenters. The van der Waals surface area contributed by atoms with E-state index < -0.39 is 0 Å². The summed E-state index contributed by atoms with van der Waals surface area (Å²) in [6.07, 6.45) is 3.27. The molecule has 1 aliphatic rings. The predicted molar refractivity (Wildman–Crippen MR) is 69.3 cm³/mol. The Hall–Kier alpha value is -0.0800. The molecule has 0 saturated heterocycles. The van der Waals surface area contributed by atoms with Gasteiger partial charge in [-0.3, -0.25) is 0 Å². The van der Waals surface area contributed by atoms with Gasteiger partial charge in [-0.2, -0.15) is 0 Å². The second kappa shape index (κ2) is 5.05. The first-order chi connectivity index (χ1) is 7.58. The van der Waals surface area contributed by atoms with E-state index in [1.807, 2.05) is 6.07 Å². The number of alkyl halides is 1. The Morgan fingerprint density at radius 1 is 1.44 bits per heavy atom. The van der Waals surface area contributed by atoms with Gasteiger partial charge in [0.2, 0.25) is 0 Å². The molecular formula is C13H15BrClF. The van der Waals surface area contributed by atoms with Crippen LogP contribution in [0, 0.1) is 17.7 Å². The summed E-state index contributed by atoms with van der Waals surface area (Å²) in [5.41, 5.74) is 1.18. The maximum absolute atomic E-state index is 12.9. The molecule has 0 aliphatic heterocycles. The molecule has 88 valence electrons. The number of rotatable bonds is 2. The highest BCUT2D eigenvalue weighted by atomic mass is 79.9. The van der Waals surface area contributed by atoms with Crippen molar-refractivity contribution in [3.63, 3.8) is 0 Å². The van der Waals surface area contributed by atoms with Crippen LogP contribution < -0.4 is 0 Å². The second-order valence-electron chi connectivity index (χ2n) is 4.65. The molecule has 3 atom stereocenters. The van der Waals surface area contributed by atoms with E-state index in [0.29, 0.717) is 17.2 Å². The largest absolute Gasteiger partial charge is 0.207 e. The summed E-state index contributed by atoms with van der Waals surface area (Å²) in [5, 5.41) is 0.309.